The maximum Gasteiger partial charge on any atom is 0.358 e. The number of rotatable bonds is 4. The number of carbonyl (C=O) groups excluding carboxylic acids is 1. The molecule has 0 unspecified atom stereocenters. The van der Waals surface area contributed by atoms with Gasteiger partial charge in [0.1, 0.15) is 5.69 Å². The quantitative estimate of drug-likeness (QED) is 0.390. The monoisotopic (exact) mass is 491 g/mol. The summed E-state index contributed by atoms with van der Waals surface area (Å²) in [5.74, 6) is -0.458. The normalized spacial score (nSPS) is 20.3. The number of nitrogens with two attached hydrogens (primary N) is 2. The molecule has 5 N–H and O–H groups in total. The smallest absolute Gasteiger partial charge is 0.358 e. The molecule has 9 nitrogen and oxygen atoms in total. The van der Waals surface area contributed by atoms with Crippen LogP contribution in [0.4, 0.5) is 5.13 Å². The second kappa shape index (κ2) is 9.12. The minimum atomic E-state index is -1.07. The zero-order chi connectivity index (χ0) is 24.7. The maximum absolute atomic E-state index is 13.1. The SMILES string of the molecule is Cc1cccc(-c2sc(N)nc2C(=O)N2[C@H](CN)C[C@@H]3C[C@@H]32)c1.O=C(O)c1noc2ccccc12. The maximum atomic E-state index is 13.1. The number of carboxylic acid groups (broad SMARTS) is 1. The number of nitrogen functional groups attached to an aromatic ring is 1. The summed E-state index contributed by atoms with van der Waals surface area (Å²) >= 11 is 1.37. The summed E-state index contributed by atoms with van der Waals surface area (Å²) in [5.41, 5.74) is 14.9. The van der Waals surface area contributed by atoms with Crippen LogP contribution in [-0.4, -0.2) is 50.7 Å². The largest absolute Gasteiger partial charge is 0.476 e. The van der Waals surface area contributed by atoms with Gasteiger partial charge < -0.3 is 26.0 Å². The molecule has 35 heavy (non-hydrogen) atoms. The molecular formula is C25H25N5O4S. The van der Waals surface area contributed by atoms with E-state index in [1.807, 2.05) is 30.0 Å². The van der Waals surface area contributed by atoms with Crippen molar-refractivity contribution in [2.75, 3.05) is 12.3 Å². The Balaban J connectivity index is 0.000000178. The van der Waals surface area contributed by atoms with Gasteiger partial charge in [0.15, 0.2) is 16.4 Å². The number of hydrogen-bond acceptors (Lipinski definition) is 8. The fourth-order valence-electron chi connectivity index (χ4n) is 4.71. The van der Waals surface area contributed by atoms with Crippen molar-refractivity contribution in [3.05, 3.63) is 65.5 Å². The zero-order valence-corrected chi connectivity index (χ0v) is 19.9. The fourth-order valence-corrected chi connectivity index (χ4v) is 5.53. The number of thiazole rings is 1. The van der Waals surface area contributed by atoms with Crippen LogP contribution in [0.15, 0.2) is 53.1 Å². The molecular weight excluding hydrogens is 466 g/mol. The molecule has 1 amide bonds. The number of para-hydroxylation sites is 1. The first-order chi connectivity index (χ1) is 16.9. The predicted octanol–water partition coefficient (Wildman–Crippen LogP) is 3.79. The van der Waals surface area contributed by atoms with E-state index in [0.717, 1.165) is 28.8 Å². The van der Waals surface area contributed by atoms with Gasteiger partial charge in [-0.2, -0.15) is 0 Å². The van der Waals surface area contributed by atoms with Crippen LogP contribution in [0, 0.1) is 12.8 Å². The van der Waals surface area contributed by atoms with Gasteiger partial charge in [-0.25, -0.2) is 9.78 Å². The van der Waals surface area contributed by atoms with Gasteiger partial charge in [-0.3, -0.25) is 4.79 Å². The standard InChI is InChI=1S/C17H20N4OS.C8H5NO3/c1-9-3-2-4-10(5-9)15-14(20-17(19)23-15)16(22)21-12(8-18)6-11-7-13(11)21;10-8(11)7-5-3-1-2-4-6(5)12-9-7/h2-5,11-13H,6-8,18H2,1H3,(H2,19,20);1-4H,(H,10,11)/t11-,12+,13+;/m1./s1. The first-order valence-corrected chi connectivity index (χ1v) is 12.1. The Morgan fingerprint density at radius 3 is 2.71 bits per heavy atom. The number of anilines is 1. The molecule has 2 fully saturated rings. The molecule has 3 atom stereocenters. The summed E-state index contributed by atoms with van der Waals surface area (Å²) in [4.78, 5) is 30.8. The van der Waals surface area contributed by atoms with Crippen LogP contribution in [0.5, 0.6) is 0 Å². The Labute approximate surface area is 205 Å². The number of likely N-dealkylation sites (tertiary alicyclic amines) is 1. The van der Waals surface area contributed by atoms with Crippen LogP contribution in [0.3, 0.4) is 0 Å². The van der Waals surface area contributed by atoms with Gasteiger partial charge in [0, 0.05) is 18.6 Å². The molecule has 1 saturated carbocycles. The van der Waals surface area contributed by atoms with Crippen molar-refractivity contribution in [3.8, 4) is 10.4 Å². The number of amides is 1. The molecule has 0 spiro atoms. The second-order valence-corrected chi connectivity index (χ2v) is 9.86. The van der Waals surface area contributed by atoms with Crippen LogP contribution in [0.1, 0.15) is 39.4 Å². The number of aromatic nitrogens is 2. The molecule has 2 aliphatic rings. The molecule has 1 aliphatic heterocycles. The molecule has 4 aromatic rings. The highest BCUT2D eigenvalue weighted by Gasteiger charge is 2.54. The number of hydrogen-bond donors (Lipinski definition) is 3. The van der Waals surface area contributed by atoms with E-state index >= 15 is 0 Å². The van der Waals surface area contributed by atoms with Crippen molar-refractivity contribution in [1.29, 1.82) is 0 Å². The van der Waals surface area contributed by atoms with Gasteiger partial charge in [0.05, 0.1) is 10.3 Å². The predicted molar refractivity (Wildman–Crippen MR) is 133 cm³/mol. The minimum absolute atomic E-state index is 0.0186. The van der Waals surface area contributed by atoms with Crippen molar-refractivity contribution < 1.29 is 19.2 Å². The Kier molecular flexibility index (Phi) is 6.00. The van der Waals surface area contributed by atoms with Gasteiger partial charge in [-0.15, -0.1) is 0 Å². The lowest BCUT2D eigenvalue weighted by Crippen LogP contribution is -2.42. The molecule has 6 rings (SSSR count). The number of carbonyl (C=O) groups is 2. The average Bonchev–Trinajstić information content (AvgIpc) is 3.18. The van der Waals surface area contributed by atoms with E-state index in [9.17, 15) is 9.59 Å². The van der Waals surface area contributed by atoms with Crippen molar-refractivity contribution in [3.63, 3.8) is 0 Å². The van der Waals surface area contributed by atoms with Gasteiger partial charge in [0.25, 0.3) is 5.91 Å². The number of fused-ring (bicyclic) bond motifs is 2. The summed E-state index contributed by atoms with van der Waals surface area (Å²) < 4.78 is 4.78. The zero-order valence-electron chi connectivity index (χ0n) is 19.0. The third kappa shape index (κ3) is 4.38. The minimum Gasteiger partial charge on any atom is -0.476 e. The van der Waals surface area contributed by atoms with E-state index in [-0.39, 0.29) is 17.6 Å². The molecule has 1 saturated heterocycles. The van der Waals surface area contributed by atoms with Crippen LogP contribution in [0.2, 0.25) is 0 Å². The van der Waals surface area contributed by atoms with E-state index in [4.69, 9.17) is 21.1 Å². The lowest BCUT2D eigenvalue weighted by atomic mass is 10.1. The highest BCUT2D eigenvalue weighted by atomic mass is 32.1. The third-order valence-electron chi connectivity index (χ3n) is 6.42. The van der Waals surface area contributed by atoms with Gasteiger partial charge >= 0.3 is 5.97 Å². The highest BCUT2D eigenvalue weighted by Crippen LogP contribution is 2.48. The first-order valence-electron chi connectivity index (χ1n) is 11.3. The van der Waals surface area contributed by atoms with Crippen LogP contribution in [-0.2, 0) is 0 Å². The molecule has 2 aromatic carbocycles. The molecule has 3 heterocycles. The van der Waals surface area contributed by atoms with Crippen LogP contribution < -0.4 is 11.5 Å². The lowest BCUT2D eigenvalue weighted by molar-refractivity contribution is 0.0683. The molecule has 1 aliphatic carbocycles. The van der Waals surface area contributed by atoms with E-state index in [1.54, 1.807) is 24.3 Å². The molecule has 0 bridgehead atoms. The van der Waals surface area contributed by atoms with Crippen LogP contribution in [0.25, 0.3) is 21.4 Å². The Morgan fingerprint density at radius 2 is 1.97 bits per heavy atom. The number of aromatic carboxylic acids is 1. The highest BCUT2D eigenvalue weighted by molar-refractivity contribution is 7.19. The van der Waals surface area contributed by atoms with Crippen molar-refractivity contribution in [2.45, 2.75) is 31.8 Å². The summed E-state index contributed by atoms with van der Waals surface area (Å²) in [5, 5.41) is 13.0. The summed E-state index contributed by atoms with van der Waals surface area (Å²) in [6, 6.07) is 15.4. The fraction of sp³-hybridized carbons (Fsp3) is 0.280. The number of nitrogens with zero attached hydrogens (tertiary/aromatic N) is 3. The number of carboxylic acids is 1. The Bertz CT molecular complexity index is 1410. The van der Waals surface area contributed by atoms with Crippen molar-refractivity contribution in [2.24, 2.45) is 11.7 Å². The second-order valence-electron chi connectivity index (χ2n) is 8.83. The number of aryl methyl sites for hydroxylation is 1. The molecule has 2 aromatic heterocycles. The number of benzene rings is 2. The lowest BCUT2D eigenvalue weighted by Gasteiger charge is -2.26. The summed E-state index contributed by atoms with van der Waals surface area (Å²) in [6.07, 6.45) is 2.12. The summed E-state index contributed by atoms with van der Waals surface area (Å²) in [7, 11) is 0. The Morgan fingerprint density at radius 1 is 1.17 bits per heavy atom. The van der Waals surface area contributed by atoms with Crippen LogP contribution >= 0.6 is 11.3 Å². The van der Waals surface area contributed by atoms with Gasteiger partial charge in [-0.1, -0.05) is 58.5 Å². The van der Waals surface area contributed by atoms with Crippen molar-refractivity contribution >= 4 is 39.3 Å². The first kappa shape index (κ1) is 23.0. The molecule has 10 heteroatoms. The molecule has 0 radical (unpaired) electrons. The van der Waals surface area contributed by atoms with E-state index in [0.29, 0.717) is 40.3 Å². The Hall–Kier alpha value is -3.76. The topological polar surface area (TPSA) is 149 Å². The molecule has 180 valence electrons. The van der Waals surface area contributed by atoms with E-state index in [2.05, 4.69) is 16.2 Å². The van der Waals surface area contributed by atoms with Gasteiger partial charge in [0.2, 0.25) is 0 Å². The number of piperidine rings is 1. The third-order valence-corrected chi connectivity index (χ3v) is 7.36. The summed E-state index contributed by atoms with van der Waals surface area (Å²) in [6.45, 7) is 2.55. The van der Waals surface area contributed by atoms with Crippen molar-refractivity contribution in [1.82, 2.24) is 15.0 Å². The average molecular weight is 492 g/mol. The van der Waals surface area contributed by atoms with Gasteiger partial charge in [-0.05, 0) is 43.4 Å². The van der Waals surface area contributed by atoms with E-state index in [1.165, 1.54) is 11.3 Å². The van der Waals surface area contributed by atoms with E-state index < -0.39 is 5.97 Å².